The smallest absolute Gasteiger partial charge is 0.243 e. The second kappa shape index (κ2) is 10.4. The van der Waals surface area contributed by atoms with Crippen LogP contribution in [0.5, 0.6) is 0 Å². The number of anilines is 2. The zero-order valence-electron chi connectivity index (χ0n) is 17.7. The van der Waals surface area contributed by atoms with E-state index in [4.69, 9.17) is 0 Å². The summed E-state index contributed by atoms with van der Waals surface area (Å²) >= 11 is 0. The minimum Gasteiger partial charge on any atom is -0.376 e. The first-order chi connectivity index (χ1) is 13.9. The average Bonchev–Trinajstić information content (AvgIpc) is 2.73. The molecule has 0 saturated carbocycles. The SMILES string of the molecule is CCc1cccc(CC)c1NC(=O)CNc1ccc(S(=O)(=O)N(CC)CC)cc1. The Morgan fingerprint density at radius 3 is 1.93 bits per heavy atom. The van der Waals surface area contributed by atoms with Crippen LogP contribution in [0.1, 0.15) is 38.8 Å². The van der Waals surface area contributed by atoms with Crippen LogP contribution in [0.25, 0.3) is 0 Å². The minimum atomic E-state index is -3.48. The van der Waals surface area contributed by atoms with Gasteiger partial charge in [-0.05, 0) is 48.2 Å². The first kappa shape index (κ1) is 22.9. The number of nitrogens with zero attached hydrogens (tertiary/aromatic N) is 1. The van der Waals surface area contributed by atoms with Crippen LogP contribution in [0, 0.1) is 0 Å². The van der Waals surface area contributed by atoms with Crippen molar-refractivity contribution in [3.05, 3.63) is 53.6 Å². The summed E-state index contributed by atoms with van der Waals surface area (Å²) in [4.78, 5) is 12.7. The molecule has 0 unspecified atom stereocenters. The molecule has 0 saturated heterocycles. The number of rotatable bonds is 10. The molecule has 0 spiro atoms. The van der Waals surface area contributed by atoms with Crippen LogP contribution in [0.15, 0.2) is 47.4 Å². The second-order valence-electron chi connectivity index (χ2n) is 6.67. The highest BCUT2D eigenvalue weighted by Crippen LogP contribution is 2.23. The zero-order valence-corrected chi connectivity index (χ0v) is 18.5. The van der Waals surface area contributed by atoms with E-state index in [1.807, 2.05) is 32.0 Å². The zero-order chi connectivity index (χ0) is 21.4. The molecule has 2 aromatic rings. The molecule has 158 valence electrons. The van der Waals surface area contributed by atoms with Crippen LogP contribution in [0.4, 0.5) is 11.4 Å². The molecule has 0 atom stereocenters. The Bertz CT molecular complexity index is 899. The predicted molar refractivity (Wildman–Crippen MR) is 119 cm³/mol. The number of hydrogen-bond donors (Lipinski definition) is 2. The summed E-state index contributed by atoms with van der Waals surface area (Å²) in [6.07, 6.45) is 1.69. The molecular formula is C22H31N3O3S. The molecule has 2 N–H and O–H groups in total. The van der Waals surface area contributed by atoms with E-state index in [0.29, 0.717) is 18.8 Å². The number of carbonyl (C=O) groups excluding carboxylic acids is 1. The van der Waals surface area contributed by atoms with Gasteiger partial charge >= 0.3 is 0 Å². The van der Waals surface area contributed by atoms with E-state index in [0.717, 1.165) is 29.7 Å². The van der Waals surface area contributed by atoms with Crippen LogP contribution in [-0.2, 0) is 27.7 Å². The number of hydrogen-bond acceptors (Lipinski definition) is 4. The number of amides is 1. The Kier molecular flexibility index (Phi) is 8.22. The standard InChI is InChI=1S/C22H31N3O3S/c1-5-17-10-9-11-18(6-2)22(17)24-21(26)16-23-19-12-14-20(15-13-19)29(27,28)25(7-3)8-4/h9-15,23H,5-8,16H2,1-4H3,(H,24,26). The van der Waals surface area contributed by atoms with Gasteiger partial charge in [0.15, 0.2) is 0 Å². The average molecular weight is 418 g/mol. The molecule has 2 aromatic carbocycles. The molecule has 0 heterocycles. The van der Waals surface area contributed by atoms with Gasteiger partial charge in [0.25, 0.3) is 0 Å². The summed E-state index contributed by atoms with van der Waals surface area (Å²) in [5.74, 6) is -0.138. The number of sulfonamides is 1. The fourth-order valence-electron chi connectivity index (χ4n) is 3.23. The number of carbonyl (C=O) groups is 1. The number of para-hydroxylation sites is 1. The lowest BCUT2D eigenvalue weighted by atomic mass is 10.0. The lowest BCUT2D eigenvalue weighted by Gasteiger charge is -2.18. The molecular weight excluding hydrogens is 386 g/mol. The first-order valence-corrected chi connectivity index (χ1v) is 11.6. The van der Waals surface area contributed by atoms with Crippen molar-refractivity contribution < 1.29 is 13.2 Å². The number of nitrogens with one attached hydrogen (secondary N) is 2. The van der Waals surface area contributed by atoms with Crippen molar-refractivity contribution in [3.63, 3.8) is 0 Å². The van der Waals surface area contributed by atoms with Crippen molar-refractivity contribution in [1.82, 2.24) is 4.31 Å². The maximum Gasteiger partial charge on any atom is 0.243 e. The topological polar surface area (TPSA) is 78.5 Å². The lowest BCUT2D eigenvalue weighted by Crippen LogP contribution is -2.30. The minimum absolute atomic E-state index is 0.101. The Morgan fingerprint density at radius 1 is 0.897 bits per heavy atom. The fraction of sp³-hybridized carbons (Fsp3) is 0.409. The molecule has 29 heavy (non-hydrogen) atoms. The Balaban J connectivity index is 2.03. The van der Waals surface area contributed by atoms with Crippen molar-refractivity contribution in [1.29, 1.82) is 0 Å². The van der Waals surface area contributed by atoms with Crippen LogP contribution in [0.3, 0.4) is 0 Å². The van der Waals surface area contributed by atoms with Crippen LogP contribution >= 0.6 is 0 Å². The van der Waals surface area contributed by atoms with Crippen LogP contribution in [0.2, 0.25) is 0 Å². The van der Waals surface area contributed by atoms with E-state index in [2.05, 4.69) is 24.5 Å². The Morgan fingerprint density at radius 2 is 1.45 bits per heavy atom. The number of benzene rings is 2. The van der Waals surface area contributed by atoms with Gasteiger partial charge in [0.2, 0.25) is 15.9 Å². The summed E-state index contributed by atoms with van der Waals surface area (Å²) in [6, 6.07) is 12.6. The molecule has 0 aromatic heterocycles. The Labute approximate surface area is 174 Å². The third-order valence-corrected chi connectivity index (χ3v) is 6.98. The molecule has 6 nitrogen and oxygen atoms in total. The van der Waals surface area contributed by atoms with Crippen LogP contribution < -0.4 is 10.6 Å². The summed E-state index contributed by atoms with van der Waals surface area (Å²) in [7, 11) is -3.48. The van der Waals surface area contributed by atoms with Gasteiger partial charge in [-0.2, -0.15) is 4.31 Å². The fourth-order valence-corrected chi connectivity index (χ4v) is 4.68. The third-order valence-electron chi connectivity index (χ3n) is 4.91. The van der Waals surface area contributed by atoms with Crippen molar-refractivity contribution >= 4 is 27.3 Å². The van der Waals surface area contributed by atoms with Gasteiger partial charge in [0.05, 0.1) is 11.4 Å². The largest absolute Gasteiger partial charge is 0.376 e. The first-order valence-electron chi connectivity index (χ1n) is 10.1. The van der Waals surface area contributed by atoms with Gasteiger partial charge in [0, 0.05) is 24.5 Å². The highest BCUT2D eigenvalue weighted by molar-refractivity contribution is 7.89. The summed E-state index contributed by atoms with van der Waals surface area (Å²) in [6.45, 7) is 8.72. The molecule has 2 rings (SSSR count). The lowest BCUT2D eigenvalue weighted by molar-refractivity contribution is -0.114. The quantitative estimate of drug-likeness (QED) is 0.615. The summed E-state index contributed by atoms with van der Waals surface area (Å²) < 4.78 is 26.5. The normalized spacial score (nSPS) is 11.5. The summed E-state index contributed by atoms with van der Waals surface area (Å²) in [5, 5.41) is 6.07. The van der Waals surface area contributed by atoms with Crippen molar-refractivity contribution in [3.8, 4) is 0 Å². The monoisotopic (exact) mass is 417 g/mol. The predicted octanol–water partition coefficient (Wildman–Crippen LogP) is 3.89. The van der Waals surface area contributed by atoms with Gasteiger partial charge < -0.3 is 10.6 Å². The van der Waals surface area contributed by atoms with E-state index in [1.165, 1.54) is 4.31 Å². The number of aryl methyl sites for hydroxylation is 2. The molecule has 7 heteroatoms. The molecule has 1 amide bonds. The van der Waals surface area contributed by atoms with Gasteiger partial charge in [0.1, 0.15) is 0 Å². The highest BCUT2D eigenvalue weighted by Gasteiger charge is 2.21. The molecule has 0 aliphatic heterocycles. The van der Waals surface area contributed by atoms with E-state index < -0.39 is 10.0 Å². The van der Waals surface area contributed by atoms with Crippen molar-refractivity contribution in [2.75, 3.05) is 30.3 Å². The molecule has 0 bridgehead atoms. The van der Waals surface area contributed by atoms with Crippen molar-refractivity contribution in [2.24, 2.45) is 0 Å². The highest BCUT2D eigenvalue weighted by atomic mass is 32.2. The third kappa shape index (κ3) is 5.58. The van der Waals surface area contributed by atoms with Gasteiger partial charge in [-0.3, -0.25) is 4.79 Å². The van der Waals surface area contributed by atoms with Crippen molar-refractivity contribution in [2.45, 2.75) is 45.4 Å². The van der Waals surface area contributed by atoms with Crippen LogP contribution in [-0.4, -0.2) is 38.3 Å². The molecule has 0 fully saturated rings. The van der Waals surface area contributed by atoms with E-state index in [-0.39, 0.29) is 17.3 Å². The Hall–Kier alpha value is -2.38. The maximum atomic E-state index is 12.5. The van der Waals surface area contributed by atoms with Gasteiger partial charge in [-0.15, -0.1) is 0 Å². The maximum absolute atomic E-state index is 12.5. The van der Waals surface area contributed by atoms with E-state index >= 15 is 0 Å². The molecule has 0 aliphatic carbocycles. The molecule has 0 aliphatic rings. The van der Waals surface area contributed by atoms with E-state index in [1.54, 1.807) is 24.3 Å². The second-order valence-corrected chi connectivity index (χ2v) is 8.61. The van der Waals surface area contributed by atoms with Gasteiger partial charge in [-0.25, -0.2) is 8.42 Å². The summed E-state index contributed by atoms with van der Waals surface area (Å²) in [5.41, 5.74) is 3.82. The van der Waals surface area contributed by atoms with E-state index in [9.17, 15) is 13.2 Å². The molecule has 0 radical (unpaired) electrons. The van der Waals surface area contributed by atoms with Gasteiger partial charge in [-0.1, -0.05) is 45.9 Å².